The number of carbonyl (C=O) groups is 1. The third kappa shape index (κ3) is 2.18. The highest BCUT2D eigenvalue weighted by atomic mass is 16.1. The molecule has 13 heavy (non-hydrogen) atoms. The summed E-state index contributed by atoms with van der Waals surface area (Å²) in [5, 5.41) is 2.61. The van der Waals surface area contributed by atoms with Crippen LogP contribution in [0.2, 0.25) is 0 Å². The number of allylic oxidation sites excluding steroid dienone is 1. The third-order valence-corrected chi connectivity index (χ3v) is 1.85. The van der Waals surface area contributed by atoms with Gasteiger partial charge in [0.25, 0.3) is 5.91 Å². The van der Waals surface area contributed by atoms with Crippen molar-refractivity contribution in [2.45, 2.75) is 6.42 Å². The molecule has 0 spiro atoms. The van der Waals surface area contributed by atoms with Crippen molar-refractivity contribution in [3.63, 3.8) is 0 Å². The van der Waals surface area contributed by atoms with Gasteiger partial charge in [-0.05, 0) is 18.1 Å². The van der Waals surface area contributed by atoms with E-state index in [0.29, 0.717) is 0 Å². The van der Waals surface area contributed by atoms with Gasteiger partial charge in [0.15, 0.2) is 0 Å². The Bertz CT molecular complexity index is 318. The maximum atomic E-state index is 11.4. The van der Waals surface area contributed by atoms with E-state index in [-0.39, 0.29) is 5.91 Å². The monoisotopic (exact) mass is 175 g/mol. The summed E-state index contributed by atoms with van der Waals surface area (Å²) in [5.74, 6) is -0.0440. The molecule has 0 atom stereocenters. The minimum atomic E-state index is -0.0440. The van der Waals surface area contributed by atoms with Crippen LogP contribution in [0, 0.1) is 0 Å². The van der Waals surface area contributed by atoms with Crippen molar-refractivity contribution in [1.82, 2.24) is 5.32 Å². The molecule has 2 nitrogen and oxygen atoms in total. The molecule has 68 valence electrons. The fraction of sp³-hybridized carbons (Fsp3) is 0.182. The van der Waals surface area contributed by atoms with Crippen LogP contribution in [-0.4, -0.2) is 13.0 Å². The fourth-order valence-electron chi connectivity index (χ4n) is 1.21. The Hall–Kier alpha value is -1.57. The minimum absolute atomic E-state index is 0.0440. The Labute approximate surface area is 78.3 Å². The molecule has 1 amide bonds. The largest absolute Gasteiger partial charge is 0.355 e. The quantitative estimate of drug-likeness (QED) is 0.697. The lowest BCUT2D eigenvalue weighted by atomic mass is 10.0. The molecule has 1 rings (SSSR count). The Morgan fingerprint density at radius 1 is 1.54 bits per heavy atom. The van der Waals surface area contributed by atoms with Gasteiger partial charge in [0, 0.05) is 12.6 Å². The highest BCUT2D eigenvalue weighted by Crippen LogP contribution is 2.09. The predicted molar refractivity (Wildman–Crippen MR) is 53.7 cm³/mol. The molecule has 1 aromatic rings. The molecule has 0 aliphatic heterocycles. The molecule has 0 aliphatic rings. The number of hydrogen-bond donors (Lipinski definition) is 1. The highest BCUT2D eigenvalue weighted by molar-refractivity contribution is 5.95. The molecular formula is C11H13NO. The number of nitrogens with one attached hydrogen (secondary N) is 1. The minimum Gasteiger partial charge on any atom is -0.355 e. The molecule has 0 heterocycles. The topological polar surface area (TPSA) is 29.1 Å². The van der Waals surface area contributed by atoms with Gasteiger partial charge in [-0.2, -0.15) is 0 Å². The van der Waals surface area contributed by atoms with Crippen LogP contribution in [0.5, 0.6) is 0 Å². The number of benzene rings is 1. The van der Waals surface area contributed by atoms with E-state index in [4.69, 9.17) is 0 Å². The molecule has 0 aromatic heterocycles. The van der Waals surface area contributed by atoms with Crippen LogP contribution in [0.15, 0.2) is 36.9 Å². The van der Waals surface area contributed by atoms with Crippen molar-refractivity contribution in [1.29, 1.82) is 0 Å². The van der Waals surface area contributed by atoms with Crippen molar-refractivity contribution in [2.75, 3.05) is 7.05 Å². The normalized spacial score (nSPS) is 9.31. The van der Waals surface area contributed by atoms with Crippen molar-refractivity contribution in [2.24, 2.45) is 0 Å². The Balaban J connectivity index is 3.03. The molecule has 2 heteroatoms. The second kappa shape index (κ2) is 4.45. The lowest BCUT2D eigenvalue weighted by Crippen LogP contribution is -2.19. The van der Waals surface area contributed by atoms with E-state index < -0.39 is 0 Å². The maximum absolute atomic E-state index is 11.4. The molecule has 0 fully saturated rings. The summed E-state index contributed by atoms with van der Waals surface area (Å²) in [6.07, 6.45) is 2.52. The van der Waals surface area contributed by atoms with E-state index in [1.54, 1.807) is 13.1 Å². The molecule has 0 saturated heterocycles. The summed E-state index contributed by atoms with van der Waals surface area (Å²) in [5.41, 5.74) is 1.74. The first kappa shape index (κ1) is 9.52. The predicted octanol–water partition coefficient (Wildman–Crippen LogP) is 1.77. The van der Waals surface area contributed by atoms with Gasteiger partial charge >= 0.3 is 0 Å². The third-order valence-electron chi connectivity index (χ3n) is 1.85. The second-order valence-electron chi connectivity index (χ2n) is 2.73. The van der Waals surface area contributed by atoms with Gasteiger partial charge in [-0.25, -0.2) is 0 Å². The van der Waals surface area contributed by atoms with E-state index >= 15 is 0 Å². The Morgan fingerprint density at radius 3 is 2.85 bits per heavy atom. The smallest absolute Gasteiger partial charge is 0.251 e. The molecule has 1 N–H and O–H groups in total. The number of carbonyl (C=O) groups excluding carboxylic acids is 1. The summed E-state index contributed by atoms with van der Waals surface area (Å²) in [7, 11) is 1.63. The van der Waals surface area contributed by atoms with E-state index in [1.807, 2.05) is 24.3 Å². The zero-order valence-electron chi connectivity index (χ0n) is 7.71. The van der Waals surface area contributed by atoms with Crippen LogP contribution < -0.4 is 5.32 Å². The average molecular weight is 175 g/mol. The number of rotatable bonds is 3. The average Bonchev–Trinajstić information content (AvgIpc) is 2.18. The Morgan fingerprint density at radius 2 is 2.23 bits per heavy atom. The van der Waals surface area contributed by atoms with E-state index in [0.717, 1.165) is 17.5 Å². The zero-order valence-corrected chi connectivity index (χ0v) is 7.71. The van der Waals surface area contributed by atoms with Crippen molar-refractivity contribution >= 4 is 5.91 Å². The van der Waals surface area contributed by atoms with Crippen LogP contribution in [0.4, 0.5) is 0 Å². The molecular weight excluding hydrogens is 162 g/mol. The summed E-state index contributed by atoms with van der Waals surface area (Å²) >= 11 is 0. The molecule has 0 saturated carbocycles. The maximum Gasteiger partial charge on any atom is 0.251 e. The van der Waals surface area contributed by atoms with Gasteiger partial charge in [-0.3, -0.25) is 4.79 Å². The Kier molecular flexibility index (Phi) is 3.26. The first-order valence-corrected chi connectivity index (χ1v) is 4.20. The SMILES string of the molecule is C=CCc1ccccc1C(=O)NC. The van der Waals surface area contributed by atoms with Gasteiger partial charge in [-0.1, -0.05) is 24.3 Å². The first-order valence-electron chi connectivity index (χ1n) is 4.20. The summed E-state index contributed by atoms with van der Waals surface area (Å²) < 4.78 is 0. The lowest BCUT2D eigenvalue weighted by Gasteiger charge is -2.05. The van der Waals surface area contributed by atoms with Crippen molar-refractivity contribution in [3.8, 4) is 0 Å². The lowest BCUT2D eigenvalue weighted by molar-refractivity contribution is 0.0962. The van der Waals surface area contributed by atoms with E-state index in [9.17, 15) is 4.79 Å². The standard InChI is InChI=1S/C11H13NO/c1-3-6-9-7-4-5-8-10(9)11(13)12-2/h3-5,7-8H,1,6H2,2H3,(H,12,13). The van der Waals surface area contributed by atoms with Crippen LogP contribution in [0.1, 0.15) is 15.9 Å². The molecule has 0 unspecified atom stereocenters. The molecule has 0 aliphatic carbocycles. The molecule has 0 radical (unpaired) electrons. The van der Waals surface area contributed by atoms with E-state index in [1.165, 1.54) is 0 Å². The highest BCUT2D eigenvalue weighted by Gasteiger charge is 2.06. The number of amides is 1. The van der Waals surface area contributed by atoms with Crippen LogP contribution in [0.3, 0.4) is 0 Å². The summed E-state index contributed by atoms with van der Waals surface area (Å²) in [6, 6.07) is 7.53. The first-order chi connectivity index (χ1) is 6.29. The van der Waals surface area contributed by atoms with Crippen LogP contribution in [0.25, 0.3) is 0 Å². The van der Waals surface area contributed by atoms with Gasteiger partial charge in [0.2, 0.25) is 0 Å². The van der Waals surface area contributed by atoms with Crippen LogP contribution in [-0.2, 0) is 6.42 Å². The van der Waals surface area contributed by atoms with E-state index in [2.05, 4.69) is 11.9 Å². The molecule has 0 bridgehead atoms. The van der Waals surface area contributed by atoms with Gasteiger partial charge in [-0.15, -0.1) is 6.58 Å². The van der Waals surface area contributed by atoms with Crippen LogP contribution >= 0.6 is 0 Å². The second-order valence-corrected chi connectivity index (χ2v) is 2.73. The molecule has 1 aromatic carbocycles. The fourth-order valence-corrected chi connectivity index (χ4v) is 1.21. The van der Waals surface area contributed by atoms with Gasteiger partial charge in [0.1, 0.15) is 0 Å². The van der Waals surface area contributed by atoms with Crippen molar-refractivity contribution in [3.05, 3.63) is 48.0 Å². The van der Waals surface area contributed by atoms with Gasteiger partial charge < -0.3 is 5.32 Å². The summed E-state index contributed by atoms with van der Waals surface area (Å²) in [6.45, 7) is 3.65. The number of hydrogen-bond acceptors (Lipinski definition) is 1. The van der Waals surface area contributed by atoms with Crippen molar-refractivity contribution < 1.29 is 4.79 Å². The summed E-state index contributed by atoms with van der Waals surface area (Å²) in [4.78, 5) is 11.4. The zero-order chi connectivity index (χ0) is 9.68. The van der Waals surface area contributed by atoms with Gasteiger partial charge in [0.05, 0.1) is 0 Å².